The van der Waals surface area contributed by atoms with Gasteiger partial charge >= 0.3 is 12.4 Å². The fourth-order valence-electron chi connectivity index (χ4n) is 3.48. The van der Waals surface area contributed by atoms with Gasteiger partial charge in [0.2, 0.25) is 10.0 Å². The molecule has 0 fully saturated rings. The number of allylic oxidation sites excluding steroid dienone is 3. The first-order valence-corrected chi connectivity index (χ1v) is 10.1. The fourth-order valence-corrected chi connectivity index (χ4v) is 5.29. The highest BCUT2D eigenvalue weighted by Crippen LogP contribution is 2.51. The molecule has 29 heavy (non-hydrogen) atoms. The van der Waals surface area contributed by atoms with Crippen LogP contribution in [0, 0.1) is 0 Å². The molecule has 1 aliphatic heterocycles. The molecular formula is C18H17F6NO3S. The van der Waals surface area contributed by atoms with Crippen LogP contribution in [-0.4, -0.2) is 37.7 Å². The van der Waals surface area contributed by atoms with Gasteiger partial charge in [-0.15, -0.1) is 0 Å². The summed E-state index contributed by atoms with van der Waals surface area (Å²) in [5, 5.41) is 8.71. The van der Waals surface area contributed by atoms with Gasteiger partial charge in [0, 0.05) is 12.1 Å². The summed E-state index contributed by atoms with van der Waals surface area (Å²) in [5.74, 6) is 0. The van der Waals surface area contributed by atoms with Crippen molar-refractivity contribution in [3.05, 3.63) is 53.6 Å². The van der Waals surface area contributed by atoms with E-state index in [0.717, 1.165) is 10.4 Å². The lowest BCUT2D eigenvalue weighted by Gasteiger charge is -2.36. The molecule has 0 aromatic heterocycles. The topological polar surface area (TPSA) is 57.6 Å². The number of sulfonamides is 1. The summed E-state index contributed by atoms with van der Waals surface area (Å²) in [5.41, 5.74) is -6.42. The number of benzene rings is 1. The number of nitrogens with zero attached hydrogens (tertiary/aromatic N) is 1. The van der Waals surface area contributed by atoms with Gasteiger partial charge in [0.25, 0.3) is 5.60 Å². The molecule has 11 heteroatoms. The number of hydrogen-bond acceptors (Lipinski definition) is 3. The van der Waals surface area contributed by atoms with Crippen molar-refractivity contribution in [3.8, 4) is 0 Å². The van der Waals surface area contributed by atoms with Crippen LogP contribution in [0.1, 0.15) is 24.0 Å². The normalized spacial score (nSPS) is 20.7. The predicted molar refractivity (Wildman–Crippen MR) is 93.7 cm³/mol. The highest BCUT2D eigenvalue weighted by molar-refractivity contribution is 7.93. The maximum Gasteiger partial charge on any atom is 0.430 e. The molecule has 1 unspecified atom stereocenters. The number of hydrogen-bond donors (Lipinski definition) is 1. The Morgan fingerprint density at radius 1 is 1.03 bits per heavy atom. The van der Waals surface area contributed by atoms with Gasteiger partial charge in [-0.05, 0) is 30.9 Å². The Morgan fingerprint density at radius 3 is 2.24 bits per heavy atom. The predicted octanol–water partition coefficient (Wildman–Crippen LogP) is 3.97. The molecule has 4 nitrogen and oxygen atoms in total. The van der Waals surface area contributed by atoms with Crippen LogP contribution >= 0.6 is 0 Å². The molecule has 0 amide bonds. The van der Waals surface area contributed by atoms with Crippen LogP contribution in [0.2, 0.25) is 0 Å². The van der Waals surface area contributed by atoms with E-state index in [-0.39, 0.29) is 37.1 Å². The second kappa shape index (κ2) is 7.05. The van der Waals surface area contributed by atoms with Gasteiger partial charge in [-0.2, -0.15) is 26.3 Å². The number of aryl methyl sites for hydroxylation is 1. The Bertz CT molecular complexity index is 935. The van der Waals surface area contributed by atoms with Crippen LogP contribution < -0.4 is 4.31 Å². The van der Waals surface area contributed by atoms with Crippen LogP contribution in [0.15, 0.2) is 42.5 Å². The molecule has 0 radical (unpaired) electrons. The summed E-state index contributed by atoms with van der Waals surface area (Å²) < 4.78 is 106. The quantitative estimate of drug-likeness (QED) is 0.723. The monoisotopic (exact) mass is 441 g/mol. The third-order valence-corrected chi connectivity index (χ3v) is 7.13. The van der Waals surface area contributed by atoms with Gasteiger partial charge < -0.3 is 5.11 Å². The summed E-state index contributed by atoms with van der Waals surface area (Å²) in [6.07, 6.45) is -5.11. The molecule has 0 spiro atoms. The van der Waals surface area contributed by atoms with Gasteiger partial charge in [-0.25, -0.2) is 8.42 Å². The van der Waals surface area contributed by atoms with Gasteiger partial charge in [0.05, 0.1) is 5.69 Å². The molecule has 1 atom stereocenters. The number of rotatable bonds is 3. The third-order valence-electron chi connectivity index (χ3n) is 5.02. The van der Waals surface area contributed by atoms with E-state index in [2.05, 4.69) is 0 Å². The van der Waals surface area contributed by atoms with Crippen molar-refractivity contribution < 1.29 is 39.9 Å². The van der Waals surface area contributed by atoms with Crippen molar-refractivity contribution in [2.24, 2.45) is 0 Å². The maximum absolute atomic E-state index is 13.1. The Morgan fingerprint density at radius 2 is 1.69 bits per heavy atom. The van der Waals surface area contributed by atoms with Crippen LogP contribution in [0.5, 0.6) is 0 Å². The lowest BCUT2D eigenvalue weighted by molar-refractivity contribution is -0.376. The van der Waals surface area contributed by atoms with Gasteiger partial charge in [-0.1, -0.05) is 36.4 Å². The minimum absolute atomic E-state index is 0.000388. The Hall–Kier alpha value is -2.01. The van der Waals surface area contributed by atoms with E-state index < -0.39 is 38.8 Å². The minimum Gasteiger partial charge on any atom is -0.369 e. The molecule has 0 saturated carbocycles. The lowest BCUT2D eigenvalue weighted by Crippen LogP contribution is -2.54. The van der Waals surface area contributed by atoms with E-state index >= 15 is 0 Å². The zero-order chi connectivity index (χ0) is 21.7. The highest BCUT2D eigenvalue weighted by atomic mass is 32.2. The van der Waals surface area contributed by atoms with Gasteiger partial charge in [0.15, 0.2) is 0 Å². The zero-order valence-electron chi connectivity index (χ0n) is 14.8. The number of alkyl halides is 6. The molecule has 1 aromatic carbocycles. The smallest absolute Gasteiger partial charge is 0.369 e. The number of aliphatic hydroxyl groups is 1. The molecule has 1 heterocycles. The lowest BCUT2D eigenvalue weighted by atomic mass is 9.89. The van der Waals surface area contributed by atoms with E-state index in [9.17, 15) is 39.9 Å². The van der Waals surface area contributed by atoms with Gasteiger partial charge in [0.1, 0.15) is 5.25 Å². The molecule has 1 aliphatic carbocycles. The molecule has 1 N–H and O–H groups in total. The summed E-state index contributed by atoms with van der Waals surface area (Å²) >= 11 is 0. The summed E-state index contributed by atoms with van der Waals surface area (Å²) in [7, 11) is -3.92. The second-order valence-corrected chi connectivity index (χ2v) is 8.93. The van der Waals surface area contributed by atoms with E-state index in [0.29, 0.717) is 12.1 Å². The first-order valence-electron chi connectivity index (χ1n) is 8.64. The minimum atomic E-state index is -6.00. The average Bonchev–Trinajstić information content (AvgIpc) is 2.65. The van der Waals surface area contributed by atoms with Crippen LogP contribution in [0.25, 0.3) is 0 Å². The van der Waals surface area contributed by atoms with Crippen molar-refractivity contribution in [2.45, 2.75) is 42.5 Å². The Balaban J connectivity index is 2.06. The molecule has 0 bridgehead atoms. The van der Waals surface area contributed by atoms with E-state index in [4.69, 9.17) is 0 Å². The molecule has 160 valence electrons. The first kappa shape index (κ1) is 21.7. The van der Waals surface area contributed by atoms with Crippen LogP contribution in [0.4, 0.5) is 32.0 Å². The zero-order valence-corrected chi connectivity index (χ0v) is 15.7. The highest BCUT2D eigenvalue weighted by Gasteiger charge is 2.71. The molecule has 3 rings (SSSR count). The summed E-state index contributed by atoms with van der Waals surface area (Å²) in [6.45, 7) is 0.0611. The van der Waals surface area contributed by atoms with Crippen LogP contribution in [0.3, 0.4) is 0 Å². The van der Waals surface area contributed by atoms with E-state index in [1.807, 2.05) is 0 Å². The summed E-state index contributed by atoms with van der Waals surface area (Å²) in [6, 6.07) is 1.96. The molecule has 1 aromatic rings. The largest absolute Gasteiger partial charge is 0.430 e. The molecule has 0 saturated heterocycles. The first-order chi connectivity index (χ1) is 13.3. The number of anilines is 1. The van der Waals surface area contributed by atoms with E-state index in [1.165, 1.54) is 6.08 Å². The number of fused-ring (bicyclic) bond motifs is 1. The van der Waals surface area contributed by atoms with Crippen molar-refractivity contribution in [1.82, 2.24) is 0 Å². The average molecular weight is 441 g/mol. The Kier molecular flexibility index (Phi) is 5.27. The van der Waals surface area contributed by atoms with Crippen molar-refractivity contribution in [3.63, 3.8) is 0 Å². The van der Waals surface area contributed by atoms with E-state index in [1.54, 1.807) is 18.2 Å². The summed E-state index contributed by atoms with van der Waals surface area (Å²) in [4.78, 5) is 0. The van der Waals surface area contributed by atoms with Crippen LogP contribution in [-0.2, 0) is 22.0 Å². The van der Waals surface area contributed by atoms with Crippen molar-refractivity contribution in [2.75, 3.05) is 10.8 Å². The Labute approximate surface area is 163 Å². The maximum atomic E-state index is 13.1. The SMILES string of the molecule is O=S(=O)(C1C=CC=CC1)N1CCCc2cc(C(O)(C(F)(F)F)C(F)(F)F)ccc21. The van der Waals surface area contributed by atoms with Crippen molar-refractivity contribution in [1.29, 1.82) is 0 Å². The van der Waals surface area contributed by atoms with Crippen molar-refractivity contribution >= 4 is 15.7 Å². The standard InChI is InChI=1S/C18H17F6NO3S/c19-17(20,21)16(26,18(22,23)24)13-8-9-15-12(11-13)5-4-10-25(15)29(27,28)14-6-2-1-3-7-14/h1-3,6,8-9,11,14,26H,4-5,7,10H2. The number of halogens is 6. The second-order valence-electron chi connectivity index (χ2n) is 6.86. The molecular weight excluding hydrogens is 424 g/mol. The van der Waals surface area contributed by atoms with Gasteiger partial charge in [-0.3, -0.25) is 4.31 Å². The molecule has 2 aliphatic rings. The fraction of sp³-hybridized carbons (Fsp3) is 0.444. The third kappa shape index (κ3) is 3.54.